The molecule has 1 heteroatoms. The smallest absolute Gasteiger partial charge is 0.0920 e. The average molecular weight is 166 g/mol. The molecule has 0 aromatic carbocycles. The molecule has 1 aliphatic rings. The van der Waals surface area contributed by atoms with Gasteiger partial charge in [-0.05, 0) is 26.7 Å². The average Bonchev–Trinajstić information content (AvgIpc) is 2.63. The molecule has 1 aliphatic heterocycles. The lowest BCUT2D eigenvalue weighted by Crippen LogP contribution is -2.08. The first-order valence-electron chi connectivity index (χ1n) is 4.80. The molecule has 2 atom stereocenters. The van der Waals surface area contributed by atoms with Crippen LogP contribution in [0.1, 0.15) is 46.5 Å². The van der Waals surface area contributed by atoms with E-state index in [0.29, 0.717) is 6.10 Å². The fourth-order valence-electron chi connectivity index (χ4n) is 1.70. The molecule has 1 heterocycles. The van der Waals surface area contributed by atoms with Crippen LogP contribution in [0.25, 0.3) is 0 Å². The molecule has 0 radical (unpaired) electrons. The summed E-state index contributed by atoms with van der Waals surface area (Å²) < 4.78 is 5.62. The third-order valence-corrected chi connectivity index (χ3v) is 2.49. The Morgan fingerprint density at radius 1 is 1.50 bits per heavy atom. The summed E-state index contributed by atoms with van der Waals surface area (Å²) in [6.45, 7) is 6.30. The third kappa shape index (κ3) is 2.25. The molecule has 0 saturated carbocycles. The van der Waals surface area contributed by atoms with E-state index >= 15 is 0 Å². The zero-order valence-electron chi connectivity index (χ0n) is 8.31. The van der Waals surface area contributed by atoms with E-state index < -0.39 is 0 Å². The Kier molecular flexibility index (Phi) is 3.17. The maximum Gasteiger partial charge on any atom is 0.0920 e. The first kappa shape index (κ1) is 9.61. The highest BCUT2D eigenvalue weighted by Crippen LogP contribution is 2.42. The van der Waals surface area contributed by atoms with Crippen molar-refractivity contribution in [2.45, 2.75) is 58.2 Å². The van der Waals surface area contributed by atoms with Crippen LogP contribution in [0.4, 0.5) is 0 Å². The molecule has 0 N–H and O–H groups in total. The van der Waals surface area contributed by atoms with Crippen molar-refractivity contribution in [3.63, 3.8) is 0 Å². The fraction of sp³-hybridized carbons (Fsp3) is 0.818. The van der Waals surface area contributed by atoms with Gasteiger partial charge in [-0.3, -0.25) is 0 Å². The van der Waals surface area contributed by atoms with Crippen molar-refractivity contribution >= 4 is 0 Å². The minimum Gasteiger partial charge on any atom is -0.366 e. The molecular formula is C11H18O. The Labute approximate surface area is 75.5 Å². The van der Waals surface area contributed by atoms with Crippen LogP contribution in [0.5, 0.6) is 0 Å². The summed E-state index contributed by atoms with van der Waals surface area (Å²) in [5.74, 6) is 5.97. The summed E-state index contributed by atoms with van der Waals surface area (Å²) in [7, 11) is 0. The van der Waals surface area contributed by atoms with E-state index in [0.717, 1.165) is 12.8 Å². The summed E-state index contributed by atoms with van der Waals surface area (Å²) in [6, 6.07) is 0. The van der Waals surface area contributed by atoms with Crippen LogP contribution in [0.2, 0.25) is 0 Å². The Morgan fingerprint density at radius 2 is 2.25 bits per heavy atom. The van der Waals surface area contributed by atoms with Crippen LogP contribution < -0.4 is 0 Å². The molecule has 1 saturated heterocycles. The van der Waals surface area contributed by atoms with E-state index in [4.69, 9.17) is 4.74 Å². The van der Waals surface area contributed by atoms with Gasteiger partial charge in [0.1, 0.15) is 0 Å². The Bertz CT molecular complexity index is 199. The minimum absolute atomic E-state index is 0.199. The van der Waals surface area contributed by atoms with Gasteiger partial charge >= 0.3 is 0 Å². The second-order valence-corrected chi connectivity index (χ2v) is 3.63. The topological polar surface area (TPSA) is 12.5 Å². The first-order valence-corrected chi connectivity index (χ1v) is 4.80. The van der Waals surface area contributed by atoms with Crippen molar-refractivity contribution in [3.8, 4) is 11.8 Å². The molecule has 12 heavy (non-hydrogen) atoms. The van der Waals surface area contributed by atoms with Gasteiger partial charge in [-0.25, -0.2) is 0 Å². The highest BCUT2D eigenvalue weighted by molar-refractivity contribution is 5.02. The van der Waals surface area contributed by atoms with Gasteiger partial charge in [-0.2, -0.15) is 0 Å². The quantitative estimate of drug-likeness (QED) is 0.462. The molecule has 0 spiro atoms. The molecule has 0 amide bonds. The monoisotopic (exact) mass is 166 g/mol. The first-order chi connectivity index (χ1) is 5.73. The number of ether oxygens (including phenoxy) is 1. The van der Waals surface area contributed by atoms with E-state index in [9.17, 15) is 0 Å². The molecular weight excluding hydrogens is 148 g/mol. The Hall–Kier alpha value is -0.480. The van der Waals surface area contributed by atoms with Gasteiger partial charge in [-0.15, -0.1) is 11.8 Å². The van der Waals surface area contributed by atoms with Crippen LogP contribution in [-0.4, -0.2) is 11.7 Å². The molecule has 2 unspecified atom stereocenters. The molecule has 0 aromatic heterocycles. The van der Waals surface area contributed by atoms with E-state index in [2.05, 4.69) is 25.7 Å². The Balaban J connectivity index is 2.16. The van der Waals surface area contributed by atoms with Gasteiger partial charge in [0.05, 0.1) is 11.7 Å². The van der Waals surface area contributed by atoms with Crippen molar-refractivity contribution in [1.29, 1.82) is 0 Å². The predicted molar refractivity (Wildman–Crippen MR) is 50.9 cm³/mol. The molecule has 1 rings (SSSR count). The van der Waals surface area contributed by atoms with Gasteiger partial charge in [0.25, 0.3) is 0 Å². The van der Waals surface area contributed by atoms with Gasteiger partial charge in [0, 0.05) is 6.42 Å². The lowest BCUT2D eigenvalue weighted by molar-refractivity contribution is 0.293. The van der Waals surface area contributed by atoms with E-state index in [1.807, 2.05) is 6.92 Å². The summed E-state index contributed by atoms with van der Waals surface area (Å²) in [4.78, 5) is 0. The molecule has 1 fully saturated rings. The molecule has 1 nitrogen and oxygen atoms in total. The molecule has 0 aliphatic carbocycles. The van der Waals surface area contributed by atoms with E-state index in [-0.39, 0.29) is 5.60 Å². The molecule has 0 bridgehead atoms. The van der Waals surface area contributed by atoms with Crippen LogP contribution in [0.15, 0.2) is 0 Å². The highest BCUT2D eigenvalue weighted by atomic mass is 16.6. The van der Waals surface area contributed by atoms with Crippen LogP contribution in [0, 0.1) is 11.8 Å². The lowest BCUT2D eigenvalue weighted by atomic mass is 9.99. The maximum atomic E-state index is 5.62. The summed E-state index contributed by atoms with van der Waals surface area (Å²) in [5, 5.41) is 0. The number of hydrogen-bond acceptors (Lipinski definition) is 1. The van der Waals surface area contributed by atoms with Crippen molar-refractivity contribution in [3.05, 3.63) is 0 Å². The van der Waals surface area contributed by atoms with Gasteiger partial charge in [-0.1, -0.05) is 13.3 Å². The Morgan fingerprint density at radius 3 is 2.83 bits per heavy atom. The lowest BCUT2D eigenvalue weighted by Gasteiger charge is -2.01. The van der Waals surface area contributed by atoms with Gasteiger partial charge < -0.3 is 4.74 Å². The van der Waals surface area contributed by atoms with Crippen molar-refractivity contribution < 1.29 is 4.74 Å². The van der Waals surface area contributed by atoms with Crippen LogP contribution >= 0.6 is 0 Å². The fourth-order valence-corrected chi connectivity index (χ4v) is 1.70. The minimum atomic E-state index is 0.199. The number of rotatable bonds is 4. The van der Waals surface area contributed by atoms with Crippen LogP contribution in [0.3, 0.4) is 0 Å². The zero-order valence-corrected chi connectivity index (χ0v) is 8.31. The number of hydrogen-bond donors (Lipinski definition) is 0. The standard InChI is InChI=1S/C11H18O/c1-4-6-7-8-10-11(3,12-10)9-5-2/h10H,5,7-9H2,1-3H3. The second kappa shape index (κ2) is 3.96. The predicted octanol–water partition coefficient (Wildman–Crippen LogP) is 2.75. The van der Waals surface area contributed by atoms with E-state index in [1.54, 1.807) is 0 Å². The third-order valence-electron chi connectivity index (χ3n) is 2.49. The van der Waals surface area contributed by atoms with Crippen LogP contribution in [-0.2, 0) is 4.74 Å². The van der Waals surface area contributed by atoms with Crippen molar-refractivity contribution in [2.75, 3.05) is 0 Å². The number of epoxide rings is 1. The van der Waals surface area contributed by atoms with Crippen molar-refractivity contribution in [1.82, 2.24) is 0 Å². The summed E-state index contributed by atoms with van der Waals surface area (Å²) >= 11 is 0. The highest BCUT2D eigenvalue weighted by Gasteiger charge is 2.50. The van der Waals surface area contributed by atoms with Crippen molar-refractivity contribution in [2.24, 2.45) is 0 Å². The van der Waals surface area contributed by atoms with E-state index in [1.165, 1.54) is 12.8 Å². The second-order valence-electron chi connectivity index (χ2n) is 3.63. The molecule has 68 valence electrons. The SMILES string of the molecule is CC#CCCC1OC1(C)CCC. The van der Waals surface area contributed by atoms with Gasteiger partial charge in [0.15, 0.2) is 0 Å². The normalized spacial score (nSPS) is 32.4. The largest absolute Gasteiger partial charge is 0.366 e. The molecule has 0 aromatic rings. The summed E-state index contributed by atoms with van der Waals surface area (Å²) in [5.41, 5.74) is 0.199. The maximum absolute atomic E-state index is 5.62. The zero-order chi connectivity index (χ0) is 9.03. The summed E-state index contributed by atoms with van der Waals surface area (Å²) in [6.07, 6.45) is 4.99. The van der Waals surface area contributed by atoms with Gasteiger partial charge in [0.2, 0.25) is 0 Å².